The van der Waals surface area contributed by atoms with Crippen LogP contribution in [0.2, 0.25) is 0 Å². The van der Waals surface area contributed by atoms with E-state index in [1.807, 2.05) is 12.1 Å². The number of nitrogens with zero attached hydrogens (tertiary/aromatic N) is 1. The monoisotopic (exact) mass is 735 g/mol. The van der Waals surface area contributed by atoms with E-state index in [9.17, 15) is 0 Å². The quantitative estimate of drug-likeness (QED) is 0.150. The van der Waals surface area contributed by atoms with E-state index in [2.05, 4.69) is 176 Å². The zero-order valence-electron chi connectivity index (χ0n) is 37.8. The molecule has 0 N–H and O–H groups in total. The molecule has 0 spiro atoms. The van der Waals surface area contributed by atoms with Gasteiger partial charge in [0.05, 0.1) is 19.3 Å². The molecule has 0 fully saturated rings. The molecule has 2 aliphatic rings. The molecular weight excluding hydrogens is 687 g/mol. The lowest BCUT2D eigenvalue weighted by atomic mass is 9.67. The van der Waals surface area contributed by atoms with Crippen LogP contribution in [0.3, 0.4) is 0 Å². The summed E-state index contributed by atoms with van der Waals surface area (Å²) in [6, 6.07) is 65.2. The summed E-state index contributed by atoms with van der Waals surface area (Å²) in [4.78, 5) is 2.36. The Balaban J connectivity index is 1.22. The van der Waals surface area contributed by atoms with Gasteiger partial charge in [-0.1, -0.05) is 179 Å². The third-order valence-corrected chi connectivity index (χ3v) is 12.2. The van der Waals surface area contributed by atoms with Crippen LogP contribution in [0.1, 0.15) is 66.6 Å². The van der Waals surface area contributed by atoms with Gasteiger partial charge in [0.1, 0.15) is 0 Å². The Labute approximate surface area is 345 Å². The number of anilines is 3. The molecule has 0 bridgehead atoms. The third kappa shape index (κ3) is 5.23. The van der Waals surface area contributed by atoms with Crippen molar-refractivity contribution in [3.63, 3.8) is 0 Å². The van der Waals surface area contributed by atoms with Gasteiger partial charge in [0.15, 0.2) is 0 Å². The van der Waals surface area contributed by atoms with Gasteiger partial charge in [-0.25, -0.2) is 0 Å². The predicted molar refractivity (Wildman–Crippen MR) is 242 cm³/mol. The van der Waals surface area contributed by atoms with E-state index in [0.29, 0.717) is 5.56 Å². The number of benzene rings is 8. The van der Waals surface area contributed by atoms with Gasteiger partial charge in [0.2, 0.25) is 0 Å². The normalized spacial score (nSPS) is 15.2. The summed E-state index contributed by atoms with van der Waals surface area (Å²) in [7, 11) is 0. The molecule has 57 heavy (non-hydrogen) atoms. The Bertz CT molecular complexity index is 3060. The van der Waals surface area contributed by atoms with Crippen molar-refractivity contribution in [1.29, 1.82) is 0 Å². The minimum absolute atomic E-state index is 0.220. The number of hydrogen-bond acceptors (Lipinski definition) is 1. The predicted octanol–water partition coefficient (Wildman–Crippen LogP) is 14.8. The van der Waals surface area contributed by atoms with Gasteiger partial charge < -0.3 is 4.90 Å². The van der Waals surface area contributed by atoms with Gasteiger partial charge in [-0.15, -0.1) is 0 Å². The minimum Gasteiger partial charge on any atom is -0.310 e. The average Bonchev–Trinajstić information content (AvgIpc) is 3.75. The highest BCUT2D eigenvalue weighted by Gasteiger charge is 2.46. The van der Waals surface area contributed by atoms with Crippen LogP contribution in [0.5, 0.6) is 0 Å². The van der Waals surface area contributed by atoms with Crippen LogP contribution in [0.15, 0.2) is 201 Å². The van der Waals surface area contributed by atoms with Gasteiger partial charge in [0.25, 0.3) is 0 Å². The molecule has 0 atom stereocenters. The summed E-state index contributed by atoms with van der Waals surface area (Å²) in [5.74, 6) is 0. The zero-order valence-corrected chi connectivity index (χ0v) is 31.8. The standard InChI is InChI=1S/C56H43N/c1-5-38-34-39(6-2)36-41(35-38)40-28-30-44(31-29-40)57(53-27-17-26-51-54(53)48-23-14-15-24-49(48)55(51,3)4)45-32-33-47-46-22-13-16-25-50(46)56(52(47)37-45,42-18-9-7-10-19-42)43-20-11-8-12-21-43/h5-37H,1-2H2,3-4H3/i1D2,2D2,5D,6D. The van der Waals surface area contributed by atoms with E-state index in [1.54, 1.807) is 12.1 Å². The maximum absolute atomic E-state index is 8.45. The van der Waals surface area contributed by atoms with Gasteiger partial charge in [-0.05, 0) is 121 Å². The Kier molecular flexibility index (Phi) is 6.67. The zero-order chi connectivity index (χ0) is 43.6. The Morgan fingerprint density at radius 1 is 0.474 bits per heavy atom. The van der Waals surface area contributed by atoms with Crippen molar-refractivity contribution in [2.24, 2.45) is 0 Å². The van der Waals surface area contributed by atoms with Crippen LogP contribution in [-0.4, -0.2) is 0 Å². The molecule has 1 nitrogen and oxygen atoms in total. The first-order chi connectivity index (χ1) is 30.5. The molecular formula is C56H43N. The summed E-state index contributed by atoms with van der Waals surface area (Å²) in [6.45, 7) is 3.29. The average molecular weight is 736 g/mol. The van der Waals surface area contributed by atoms with Gasteiger partial charge >= 0.3 is 0 Å². The Morgan fingerprint density at radius 3 is 1.70 bits per heavy atom. The Morgan fingerprint density at radius 2 is 1.04 bits per heavy atom. The maximum atomic E-state index is 8.45. The van der Waals surface area contributed by atoms with Crippen molar-refractivity contribution in [3.05, 3.63) is 246 Å². The van der Waals surface area contributed by atoms with Gasteiger partial charge in [-0.2, -0.15) is 0 Å². The third-order valence-electron chi connectivity index (χ3n) is 12.2. The van der Waals surface area contributed by atoms with Crippen LogP contribution in [0.4, 0.5) is 17.1 Å². The summed E-state index contributed by atoms with van der Waals surface area (Å²) < 4.78 is 48.3. The second-order valence-corrected chi connectivity index (χ2v) is 15.6. The minimum atomic E-state index is -0.655. The second-order valence-electron chi connectivity index (χ2n) is 15.6. The van der Waals surface area contributed by atoms with Crippen LogP contribution in [0, 0.1) is 0 Å². The highest BCUT2D eigenvalue weighted by Crippen LogP contribution is 2.58. The fourth-order valence-electron chi connectivity index (χ4n) is 9.66. The SMILES string of the molecule is [2H]C([2H])=C([2H])c1cc(C([2H])=C([2H])[2H])cc(-c2ccc(N(c3ccc4c(c3)C(c3ccccc3)(c3ccccc3)c3ccccc3-4)c3cccc4c3-c3ccccc3C4(C)C)cc2)c1. The number of hydrogen-bond donors (Lipinski definition) is 0. The molecule has 0 unspecified atom stereocenters. The molecule has 0 heterocycles. The molecule has 0 saturated carbocycles. The fraction of sp³-hybridized carbons (Fsp3) is 0.0714. The smallest absolute Gasteiger partial charge is 0.0714 e. The van der Waals surface area contributed by atoms with Gasteiger partial charge in [-0.3, -0.25) is 0 Å². The Hall–Kier alpha value is -6.96. The highest BCUT2D eigenvalue weighted by atomic mass is 15.1. The first-order valence-electron chi connectivity index (χ1n) is 22.4. The van der Waals surface area contributed by atoms with Crippen LogP contribution < -0.4 is 4.90 Å². The molecule has 0 aromatic heterocycles. The van der Waals surface area contributed by atoms with E-state index >= 15 is 0 Å². The van der Waals surface area contributed by atoms with Gasteiger partial charge in [0, 0.05) is 22.4 Å². The first-order valence-corrected chi connectivity index (χ1v) is 19.4. The van der Waals surface area contributed by atoms with Crippen molar-refractivity contribution < 1.29 is 8.22 Å². The summed E-state index contributed by atoms with van der Waals surface area (Å²) in [5.41, 5.74) is 16.3. The van der Waals surface area contributed by atoms with E-state index in [-0.39, 0.29) is 28.6 Å². The molecule has 0 amide bonds. The van der Waals surface area contributed by atoms with Crippen molar-refractivity contribution in [2.75, 3.05) is 4.90 Å². The first kappa shape index (κ1) is 28.4. The topological polar surface area (TPSA) is 3.24 Å². The molecule has 0 aliphatic heterocycles. The molecule has 8 aromatic carbocycles. The van der Waals surface area contributed by atoms with Crippen molar-refractivity contribution in [2.45, 2.75) is 24.7 Å². The van der Waals surface area contributed by atoms with Crippen LogP contribution in [0.25, 0.3) is 45.5 Å². The van der Waals surface area contributed by atoms with Crippen molar-refractivity contribution in [3.8, 4) is 33.4 Å². The molecule has 0 radical (unpaired) electrons. The summed E-state index contributed by atoms with van der Waals surface area (Å²) in [6.07, 6.45) is 0. The second kappa shape index (κ2) is 13.4. The van der Waals surface area contributed by atoms with Crippen LogP contribution in [-0.2, 0) is 10.8 Å². The van der Waals surface area contributed by atoms with Crippen molar-refractivity contribution in [1.82, 2.24) is 0 Å². The molecule has 0 saturated heterocycles. The van der Waals surface area contributed by atoms with E-state index in [1.165, 1.54) is 61.7 Å². The molecule has 2 aliphatic carbocycles. The van der Waals surface area contributed by atoms with Crippen molar-refractivity contribution >= 4 is 29.2 Å². The van der Waals surface area contributed by atoms with E-state index in [4.69, 9.17) is 8.22 Å². The summed E-state index contributed by atoms with van der Waals surface area (Å²) >= 11 is 0. The van der Waals surface area contributed by atoms with E-state index < -0.39 is 18.5 Å². The maximum Gasteiger partial charge on any atom is 0.0714 e. The molecule has 8 aromatic rings. The summed E-state index contributed by atoms with van der Waals surface area (Å²) in [5, 5.41) is 0. The van der Waals surface area contributed by atoms with E-state index in [0.717, 1.165) is 22.6 Å². The largest absolute Gasteiger partial charge is 0.310 e. The molecule has 272 valence electrons. The number of fused-ring (bicyclic) bond motifs is 6. The lowest BCUT2D eigenvalue weighted by Gasteiger charge is -2.35. The number of rotatable bonds is 8. The van der Waals surface area contributed by atoms with Crippen LogP contribution >= 0.6 is 0 Å². The molecule has 1 heteroatoms. The fourth-order valence-corrected chi connectivity index (χ4v) is 9.66. The molecule has 10 rings (SSSR count). The highest BCUT2D eigenvalue weighted by molar-refractivity contribution is 5.96. The lowest BCUT2D eigenvalue weighted by molar-refractivity contribution is 0.660. The lowest BCUT2D eigenvalue weighted by Crippen LogP contribution is -2.28.